The summed E-state index contributed by atoms with van der Waals surface area (Å²) < 4.78 is 143. The molecule has 0 atom stereocenters. The van der Waals surface area contributed by atoms with Gasteiger partial charge in [0, 0.05) is 41.1 Å². The molecular weight excluding hydrogens is 874 g/mol. The van der Waals surface area contributed by atoms with Crippen molar-refractivity contribution in [3.05, 3.63) is 131 Å². The molecule has 0 unspecified atom stereocenters. The van der Waals surface area contributed by atoms with Crippen molar-refractivity contribution in [1.82, 2.24) is 0 Å². The predicted molar refractivity (Wildman–Crippen MR) is 206 cm³/mol. The largest absolute Gasteiger partial charge is 1.00 e. The molecule has 0 bridgehead atoms. The van der Waals surface area contributed by atoms with Gasteiger partial charge >= 0.3 is 88.7 Å². The summed E-state index contributed by atoms with van der Waals surface area (Å²) >= 11 is 0. The number of rotatable bonds is 14. The molecule has 21 heteroatoms. The summed E-state index contributed by atoms with van der Waals surface area (Å²) in [5.74, 6) is -1.47. The number of benzene rings is 3. The maximum atomic E-state index is 11.9. The van der Waals surface area contributed by atoms with Crippen molar-refractivity contribution in [2.24, 2.45) is 0 Å². The fraction of sp³-hybridized carbons (Fsp3) is 0.289. The minimum Gasteiger partial charge on any atom is -0.748 e. The molecule has 0 radical (unpaired) electrons. The summed E-state index contributed by atoms with van der Waals surface area (Å²) in [5.41, 5.74) is 2.71. The van der Waals surface area contributed by atoms with Crippen molar-refractivity contribution in [3.8, 4) is 0 Å². The van der Waals surface area contributed by atoms with Crippen molar-refractivity contribution >= 4 is 57.6 Å². The van der Waals surface area contributed by atoms with Crippen LogP contribution in [-0.2, 0) is 57.7 Å². The first-order valence-electron chi connectivity index (χ1n) is 17.1. The fourth-order valence-corrected chi connectivity index (χ4v) is 8.84. The molecule has 300 valence electrons. The van der Waals surface area contributed by atoms with E-state index in [1.165, 1.54) is 24.3 Å². The molecule has 2 aliphatic rings. The van der Waals surface area contributed by atoms with Crippen LogP contribution in [0.1, 0.15) is 44.4 Å². The molecule has 59 heavy (non-hydrogen) atoms. The van der Waals surface area contributed by atoms with Gasteiger partial charge in [0.15, 0.2) is 12.3 Å². The molecule has 0 spiro atoms. The van der Waals surface area contributed by atoms with Crippen molar-refractivity contribution in [1.29, 1.82) is 0 Å². The van der Waals surface area contributed by atoms with E-state index in [2.05, 4.69) is 0 Å². The number of hydrogen-bond acceptors (Lipinski definition) is 13. The molecule has 0 aromatic heterocycles. The minimum absolute atomic E-state index is 0. The summed E-state index contributed by atoms with van der Waals surface area (Å²) in [6.07, 6.45) is 10.9. The van der Waals surface area contributed by atoms with Crippen LogP contribution in [0.2, 0.25) is 0 Å². The number of anilines is 1. The van der Waals surface area contributed by atoms with Crippen LogP contribution in [0.25, 0.3) is 0 Å². The quantitative estimate of drug-likeness (QED) is 0.0639. The second kappa shape index (κ2) is 20.5. The Morgan fingerprint density at radius 2 is 1.25 bits per heavy atom. The Hall–Kier alpha value is -1.27. The van der Waals surface area contributed by atoms with Crippen LogP contribution in [-0.4, -0.2) is 86.8 Å². The summed E-state index contributed by atoms with van der Waals surface area (Å²) in [6.45, 7) is 6.65. The number of nitrogens with zero attached hydrogens (tertiary/aromatic N) is 2. The molecule has 2 heterocycles. The fourth-order valence-electron chi connectivity index (χ4n) is 7.04. The maximum absolute atomic E-state index is 11.9. The second-order valence-electron chi connectivity index (χ2n) is 14.4. The Morgan fingerprint density at radius 3 is 1.81 bits per heavy atom. The predicted octanol–water partition coefficient (Wildman–Crippen LogP) is -5.06. The van der Waals surface area contributed by atoms with Crippen LogP contribution in [0.3, 0.4) is 0 Å². The van der Waals surface area contributed by atoms with E-state index in [4.69, 9.17) is 0 Å². The second-order valence-corrected chi connectivity index (χ2v) is 20.2. The zero-order chi connectivity index (χ0) is 41.5. The molecule has 3 aromatic carbocycles. The Kier molecular flexibility index (Phi) is 18.7. The molecule has 0 saturated heterocycles. The zero-order valence-electron chi connectivity index (χ0n) is 33.8. The molecule has 2 aliphatic heterocycles. The molecule has 0 saturated carbocycles. The number of allylic oxidation sites excluding steroid dienone is 8. The van der Waals surface area contributed by atoms with Gasteiger partial charge in [0.05, 0.1) is 36.8 Å². The SMILES string of the molecule is CC1(C)C(/C=C/C=C(/C=C/C=C2/N(CCS(=O)(=O)[O-])c3ccc(S(=O)(=O)[O-])cc3C2(C)C)Cc2ccccc2)=[N+](CCS(=O)(=O)[O-])c2ccc(S(=O)(=O)[O-])cc21.[Na+].[Na+].[Na+]. The van der Waals surface area contributed by atoms with Gasteiger partial charge in [-0.1, -0.05) is 68.5 Å². The van der Waals surface area contributed by atoms with Crippen molar-refractivity contribution in [3.63, 3.8) is 0 Å². The topological polar surface area (TPSA) is 235 Å². The molecule has 0 aliphatic carbocycles. The zero-order valence-corrected chi connectivity index (χ0v) is 43.0. The third kappa shape index (κ3) is 13.4. The Labute approximate surface area is 413 Å². The van der Waals surface area contributed by atoms with Gasteiger partial charge in [0.2, 0.25) is 5.69 Å². The minimum atomic E-state index is -4.81. The van der Waals surface area contributed by atoms with Gasteiger partial charge in [-0.05, 0) is 73.4 Å². The number of fused-ring (bicyclic) bond motifs is 2. The monoisotopic (exact) mass is 912 g/mol. The van der Waals surface area contributed by atoms with Crippen LogP contribution < -0.4 is 93.6 Å². The van der Waals surface area contributed by atoms with Gasteiger partial charge < -0.3 is 23.1 Å². The van der Waals surface area contributed by atoms with Crippen molar-refractivity contribution in [2.75, 3.05) is 29.5 Å². The van der Waals surface area contributed by atoms with Crippen LogP contribution >= 0.6 is 0 Å². The van der Waals surface area contributed by atoms with Crippen LogP contribution in [0, 0.1) is 0 Å². The molecule has 5 rings (SSSR count). The van der Waals surface area contributed by atoms with Crippen molar-refractivity contribution < 1.29 is 145 Å². The first-order chi connectivity index (χ1) is 25.8. The number of hydrogen-bond donors (Lipinski definition) is 0. The van der Waals surface area contributed by atoms with E-state index < -0.39 is 72.6 Å². The molecule has 0 fully saturated rings. The van der Waals surface area contributed by atoms with Gasteiger partial charge in [-0.3, -0.25) is 0 Å². The van der Waals surface area contributed by atoms with E-state index in [0.717, 1.165) is 23.3 Å². The van der Waals surface area contributed by atoms with Crippen molar-refractivity contribution in [2.45, 2.75) is 54.7 Å². The normalized spacial score (nSPS) is 17.1. The molecule has 0 N–H and O–H groups in total. The average molecular weight is 913 g/mol. The van der Waals surface area contributed by atoms with Crippen LogP contribution in [0.4, 0.5) is 11.4 Å². The summed E-state index contributed by atoms with van der Waals surface area (Å²) in [7, 11) is -18.9. The van der Waals surface area contributed by atoms with E-state index >= 15 is 0 Å². The van der Waals surface area contributed by atoms with E-state index in [1.54, 1.807) is 73.6 Å². The van der Waals surface area contributed by atoms with Gasteiger partial charge in [-0.2, -0.15) is 4.58 Å². The average Bonchev–Trinajstić information content (AvgIpc) is 3.42. The van der Waals surface area contributed by atoms with E-state index in [-0.39, 0.29) is 102 Å². The first kappa shape index (κ1) is 53.9. The molecule has 14 nitrogen and oxygen atoms in total. The van der Waals surface area contributed by atoms with E-state index in [1.807, 2.05) is 30.3 Å². The Balaban J connectivity index is 0.00000400. The van der Waals surface area contributed by atoms with Crippen LogP contribution in [0.5, 0.6) is 0 Å². The Morgan fingerprint density at radius 1 is 0.695 bits per heavy atom. The van der Waals surface area contributed by atoms with Gasteiger partial charge in [0.25, 0.3) is 0 Å². The first-order valence-corrected chi connectivity index (χ1v) is 23.1. The van der Waals surface area contributed by atoms with E-state index in [0.29, 0.717) is 40.3 Å². The summed E-state index contributed by atoms with van der Waals surface area (Å²) in [5, 5.41) is 0. The van der Waals surface area contributed by atoms with E-state index in [9.17, 15) is 51.9 Å². The molecular formula is C38H39N2Na3O12S4. The molecule has 0 amide bonds. The van der Waals surface area contributed by atoms with Crippen LogP contribution in [0.15, 0.2) is 124 Å². The standard InChI is InChI=1S/C38H42N2O12S4.3Na/c1-37(2)31-25-29(55(47,48)49)16-18-33(31)39(20-22-53(41,42)43)35(37)14-8-12-28(24-27-10-6-5-7-11-27)13-9-15-36-38(3,4)32-26-30(56(50,51)52)17-19-34(32)40(36)21-23-54(44,45)46;;;/h5-19,25-26H,20-24H2,1-4H3,(H3-,41,42,43,44,45,46,47,48,49,50,51,52);;;/q;3*+1/p-3. The maximum Gasteiger partial charge on any atom is 1.00 e. The smallest absolute Gasteiger partial charge is 0.748 e. The summed E-state index contributed by atoms with van der Waals surface area (Å²) in [6, 6.07) is 17.0. The van der Waals surface area contributed by atoms with Gasteiger partial charge in [0.1, 0.15) is 30.4 Å². The third-order valence-corrected chi connectivity index (χ3v) is 12.8. The third-order valence-electron chi connectivity index (χ3n) is 9.81. The Bertz CT molecular complexity index is 2680. The van der Waals surface area contributed by atoms with Gasteiger partial charge in [-0.25, -0.2) is 33.7 Å². The summed E-state index contributed by atoms with van der Waals surface area (Å²) in [4.78, 5) is 0.703. The molecule has 3 aromatic rings. The van der Waals surface area contributed by atoms with Gasteiger partial charge in [-0.15, -0.1) is 0 Å².